The molecule has 0 aliphatic carbocycles. The van der Waals surface area contributed by atoms with E-state index in [1.165, 1.54) is 0 Å². The van der Waals surface area contributed by atoms with Crippen molar-refractivity contribution in [3.8, 4) is 0 Å². The van der Waals surface area contributed by atoms with Crippen molar-refractivity contribution in [3.63, 3.8) is 0 Å². The van der Waals surface area contributed by atoms with Crippen LogP contribution in [0.15, 0.2) is 0 Å². The summed E-state index contributed by atoms with van der Waals surface area (Å²) in [7, 11) is 0. The molecule has 0 aliphatic rings. The molecular formula is C4H11P. The predicted octanol–water partition coefficient (Wildman–Crippen LogP) is 1.33. The molecule has 0 aliphatic heterocycles. The van der Waals surface area contributed by atoms with Gasteiger partial charge in [-0.3, -0.25) is 0 Å². The molecule has 0 bridgehead atoms. The summed E-state index contributed by atoms with van der Waals surface area (Å²) in [5.74, 6) is 0. The summed E-state index contributed by atoms with van der Waals surface area (Å²) < 4.78 is 0. The van der Waals surface area contributed by atoms with Gasteiger partial charge in [0.15, 0.2) is 0 Å². The molecule has 32 valence electrons. The third-order valence-electron chi connectivity index (χ3n) is 0. The van der Waals surface area contributed by atoms with Crippen molar-refractivity contribution < 1.29 is 0 Å². The maximum atomic E-state index is 3.88. The Hall–Kier alpha value is 0.300. The smallest absolute Gasteiger partial charge is 0.0456 e. The minimum absolute atomic E-state index is 0.639. The number of hydrogen-bond donors (Lipinski definition) is 0. The van der Waals surface area contributed by atoms with Gasteiger partial charge in [0.05, 0.1) is 0 Å². The predicted molar refractivity (Wildman–Crippen MR) is 31.8 cm³/mol. The maximum Gasteiger partial charge on any atom is -0.0456 e. The van der Waals surface area contributed by atoms with Crippen LogP contribution in [0, 0.1) is 0 Å². The molecule has 0 N–H and O–H groups in total. The lowest BCUT2D eigenvalue weighted by molar-refractivity contribution is 2.11. The van der Waals surface area contributed by atoms with Gasteiger partial charge in [0, 0.05) is 0 Å². The van der Waals surface area contributed by atoms with E-state index in [2.05, 4.69) is 26.3 Å². The lowest BCUT2D eigenvalue weighted by Crippen LogP contribution is -1.62. The zero-order valence-corrected chi connectivity index (χ0v) is 5.05. The highest BCUT2D eigenvalue weighted by Gasteiger charge is 1.79. The van der Waals surface area contributed by atoms with Crippen LogP contribution in [0.4, 0.5) is 0 Å². The lowest BCUT2D eigenvalue weighted by atomic mass is 11.8. The minimum Gasteiger partial charge on any atom is -0.121 e. The number of rotatable bonds is 0. The Morgan fingerprint density at radius 2 is 1.20 bits per heavy atom. The second-order valence-corrected chi connectivity index (χ2v) is 6.87. The zero-order valence-electron chi connectivity index (χ0n) is 4.15. The molecule has 0 atom stereocenters. The average molecular weight is 90.1 g/mol. The summed E-state index contributed by atoms with van der Waals surface area (Å²) in [6.45, 7) is 5.92. The Morgan fingerprint density at radius 1 is 1.20 bits per heavy atom. The standard InChI is InChI=1S/C4H11P/c1-5(2,3)4/h1H2,2-4H3. The molecule has 0 unspecified atom stereocenters. The van der Waals surface area contributed by atoms with E-state index in [9.17, 15) is 0 Å². The molecule has 0 spiro atoms. The first-order valence-corrected chi connectivity index (χ1v) is 4.97. The topological polar surface area (TPSA) is 0 Å². The molecule has 0 rings (SSSR count). The van der Waals surface area contributed by atoms with E-state index in [1.54, 1.807) is 0 Å². The van der Waals surface area contributed by atoms with Crippen molar-refractivity contribution >= 4 is 13.2 Å². The van der Waals surface area contributed by atoms with Gasteiger partial charge in [0.2, 0.25) is 0 Å². The molecule has 0 aromatic carbocycles. The fourth-order valence-corrected chi connectivity index (χ4v) is 0. The second-order valence-electron chi connectivity index (χ2n) is 2.29. The Kier molecular flexibility index (Phi) is 1.25. The van der Waals surface area contributed by atoms with Crippen molar-refractivity contribution in [3.05, 3.63) is 0 Å². The summed E-state index contributed by atoms with van der Waals surface area (Å²) in [6, 6.07) is 0. The van der Waals surface area contributed by atoms with E-state index >= 15 is 0 Å². The second kappa shape index (κ2) is 1.18. The van der Waals surface area contributed by atoms with E-state index in [1.807, 2.05) is 0 Å². The Bertz CT molecular complexity index is 49.8. The minimum atomic E-state index is -0.639. The fraction of sp³-hybridized carbons (Fsp3) is 0.750. The highest BCUT2D eigenvalue weighted by molar-refractivity contribution is 7.71. The molecule has 0 saturated heterocycles. The summed E-state index contributed by atoms with van der Waals surface area (Å²) in [6.07, 6.45) is 3.88. The first-order valence-electron chi connectivity index (χ1n) is 1.66. The van der Waals surface area contributed by atoms with Crippen molar-refractivity contribution in [1.29, 1.82) is 0 Å². The fourth-order valence-electron chi connectivity index (χ4n) is 0. The first-order chi connectivity index (χ1) is 2.00. The number of hydrogen-bond acceptors (Lipinski definition) is 0. The van der Waals surface area contributed by atoms with Gasteiger partial charge < -0.3 is 0 Å². The van der Waals surface area contributed by atoms with Gasteiger partial charge in [0.25, 0.3) is 0 Å². The molecule has 0 amide bonds. The summed E-state index contributed by atoms with van der Waals surface area (Å²) >= 11 is 0. The largest absolute Gasteiger partial charge is 0.121 e. The van der Waals surface area contributed by atoms with Crippen LogP contribution in [0.1, 0.15) is 0 Å². The van der Waals surface area contributed by atoms with Crippen LogP contribution < -0.4 is 0 Å². The van der Waals surface area contributed by atoms with Gasteiger partial charge in [-0.25, -0.2) is 0 Å². The van der Waals surface area contributed by atoms with E-state index in [0.29, 0.717) is 0 Å². The van der Waals surface area contributed by atoms with Gasteiger partial charge in [-0.05, 0) is 20.0 Å². The Labute approximate surface area is 34.2 Å². The SMILES string of the molecule is C=P(C)(C)C. The van der Waals surface area contributed by atoms with Gasteiger partial charge in [0.1, 0.15) is 0 Å². The van der Waals surface area contributed by atoms with Crippen LogP contribution >= 0.6 is 6.89 Å². The monoisotopic (exact) mass is 90.1 g/mol. The molecule has 0 radical (unpaired) electrons. The molecule has 0 aromatic rings. The van der Waals surface area contributed by atoms with Crippen molar-refractivity contribution in [1.82, 2.24) is 0 Å². The Balaban J connectivity index is 3.47. The van der Waals surface area contributed by atoms with Crippen LogP contribution in [0.2, 0.25) is 0 Å². The van der Waals surface area contributed by atoms with Crippen LogP contribution in [0.5, 0.6) is 0 Å². The summed E-state index contributed by atoms with van der Waals surface area (Å²) in [5.41, 5.74) is 0. The quantitative estimate of drug-likeness (QED) is 0.393. The lowest BCUT2D eigenvalue weighted by Gasteiger charge is -1.96. The van der Waals surface area contributed by atoms with E-state index in [4.69, 9.17) is 0 Å². The normalized spacial score (nSPS) is 11.8. The van der Waals surface area contributed by atoms with Gasteiger partial charge in [-0.1, -0.05) is 0 Å². The first kappa shape index (κ1) is 5.30. The molecule has 5 heavy (non-hydrogen) atoms. The van der Waals surface area contributed by atoms with Gasteiger partial charge in [-0.15, -0.1) is 13.2 Å². The van der Waals surface area contributed by atoms with Gasteiger partial charge >= 0.3 is 0 Å². The van der Waals surface area contributed by atoms with Crippen LogP contribution in [-0.4, -0.2) is 26.3 Å². The highest BCUT2D eigenvalue weighted by atomic mass is 31.2. The molecular weight excluding hydrogens is 79.0 g/mol. The van der Waals surface area contributed by atoms with E-state index < -0.39 is 6.89 Å². The van der Waals surface area contributed by atoms with Crippen LogP contribution in [-0.2, 0) is 0 Å². The summed E-state index contributed by atoms with van der Waals surface area (Å²) in [5, 5.41) is 0. The summed E-state index contributed by atoms with van der Waals surface area (Å²) in [4.78, 5) is 0. The maximum absolute atomic E-state index is 3.88. The molecule has 0 fully saturated rings. The third kappa shape index (κ3) is 253. The van der Waals surface area contributed by atoms with Gasteiger partial charge in [-0.2, -0.15) is 0 Å². The van der Waals surface area contributed by atoms with Crippen LogP contribution in [0.3, 0.4) is 0 Å². The van der Waals surface area contributed by atoms with Crippen molar-refractivity contribution in [2.45, 2.75) is 0 Å². The van der Waals surface area contributed by atoms with Crippen molar-refractivity contribution in [2.24, 2.45) is 0 Å². The average Bonchev–Trinajstić information content (AvgIpc) is 0.722. The van der Waals surface area contributed by atoms with E-state index in [0.717, 1.165) is 0 Å². The third-order valence-corrected chi connectivity index (χ3v) is 0. The molecule has 0 aromatic heterocycles. The zero-order chi connectivity index (χ0) is 4.50. The Morgan fingerprint density at radius 3 is 1.20 bits per heavy atom. The molecule has 0 saturated carbocycles. The van der Waals surface area contributed by atoms with E-state index in [-0.39, 0.29) is 0 Å². The molecule has 0 heterocycles. The van der Waals surface area contributed by atoms with Crippen molar-refractivity contribution in [2.75, 3.05) is 20.0 Å². The molecule has 0 nitrogen and oxygen atoms in total. The van der Waals surface area contributed by atoms with Crippen LogP contribution in [0.25, 0.3) is 0 Å². The highest BCUT2D eigenvalue weighted by Crippen LogP contribution is 2.27. The molecule has 1 heteroatoms.